The van der Waals surface area contributed by atoms with E-state index < -0.39 is 12.0 Å². The van der Waals surface area contributed by atoms with Crippen LogP contribution >= 0.6 is 11.6 Å². The normalized spacial score (nSPS) is 15.4. The first-order valence-electron chi connectivity index (χ1n) is 11.1. The molecule has 0 radical (unpaired) electrons. The zero-order valence-electron chi connectivity index (χ0n) is 19.8. The van der Waals surface area contributed by atoms with Gasteiger partial charge in [0.25, 0.3) is 5.91 Å². The van der Waals surface area contributed by atoms with Crippen molar-refractivity contribution in [3.8, 4) is 5.75 Å². The van der Waals surface area contributed by atoms with Crippen LogP contribution in [0.1, 0.15) is 29.4 Å². The van der Waals surface area contributed by atoms with Crippen LogP contribution < -0.4 is 15.8 Å². The number of benzene rings is 1. The summed E-state index contributed by atoms with van der Waals surface area (Å²) in [5, 5.41) is 7.71. The van der Waals surface area contributed by atoms with Crippen LogP contribution in [0.3, 0.4) is 0 Å². The number of nitrogens with zero attached hydrogens (tertiary/aromatic N) is 6. The fourth-order valence-electron chi connectivity index (χ4n) is 3.93. The van der Waals surface area contributed by atoms with Gasteiger partial charge >= 0.3 is 6.09 Å². The molecule has 36 heavy (non-hydrogen) atoms. The van der Waals surface area contributed by atoms with Gasteiger partial charge < -0.3 is 25.6 Å². The van der Waals surface area contributed by atoms with Gasteiger partial charge in [-0.2, -0.15) is 5.10 Å². The summed E-state index contributed by atoms with van der Waals surface area (Å²) >= 11 is 6.32. The number of anilines is 2. The predicted molar refractivity (Wildman–Crippen MR) is 134 cm³/mol. The van der Waals surface area contributed by atoms with E-state index in [4.69, 9.17) is 22.1 Å². The Morgan fingerprint density at radius 2 is 2.08 bits per heavy atom. The first kappa shape index (κ1) is 24.9. The first-order valence-corrected chi connectivity index (χ1v) is 11.5. The van der Waals surface area contributed by atoms with E-state index >= 15 is 0 Å². The summed E-state index contributed by atoms with van der Waals surface area (Å²) in [6.07, 6.45) is 3.51. The molecule has 188 valence electrons. The highest BCUT2D eigenvalue weighted by atomic mass is 35.5. The molecule has 3 aromatic rings. The van der Waals surface area contributed by atoms with Crippen LogP contribution in [0.25, 0.3) is 11.0 Å². The van der Waals surface area contributed by atoms with Gasteiger partial charge in [0.15, 0.2) is 11.3 Å². The number of amides is 3. The third-order valence-corrected chi connectivity index (χ3v) is 6.03. The summed E-state index contributed by atoms with van der Waals surface area (Å²) in [7, 11) is 3.11. The van der Waals surface area contributed by atoms with E-state index in [9.17, 15) is 14.4 Å². The zero-order chi connectivity index (χ0) is 26.0. The lowest BCUT2D eigenvalue weighted by Crippen LogP contribution is -2.40. The summed E-state index contributed by atoms with van der Waals surface area (Å²) in [6, 6.07) is 4.22. The smallest absolute Gasteiger partial charge is 0.410 e. The third kappa shape index (κ3) is 4.93. The minimum atomic E-state index is -0.574. The maximum Gasteiger partial charge on any atom is 0.414 e. The molecule has 1 aromatic carbocycles. The first-order chi connectivity index (χ1) is 17.2. The average Bonchev–Trinajstić information content (AvgIpc) is 3.26. The highest BCUT2D eigenvalue weighted by Crippen LogP contribution is 2.31. The third-order valence-electron chi connectivity index (χ3n) is 5.72. The highest BCUT2D eigenvalue weighted by Gasteiger charge is 2.29. The molecule has 3 amide bonds. The van der Waals surface area contributed by atoms with Crippen molar-refractivity contribution in [1.29, 1.82) is 0 Å². The number of hydrogen-bond donors (Lipinski definition) is 2. The maximum absolute atomic E-state index is 13.3. The van der Waals surface area contributed by atoms with Crippen molar-refractivity contribution in [2.45, 2.75) is 18.9 Å². The second kappa shape index (κ2) is 10.2. The Morgan fingerprint density at radius 1 is 1.31 bits per heavy atom. The number of nitrogens with one attached hydrogen (secondary N) is 1. The Kier molecular flexibility index (Phi) is 7.06. The fraction of sp³-hybridized carbons (Fsp3) is 0.304. The number of halogens is 1. The number of aromatic nitrogens is 4. The number of carbonyl (C=O) groups is 3. The van der Waals surface area contributed by atoms with Crippen molar-refractivity contribution in [2.24, 2.45) is 0 Å². The topological polar surface area (TPSA) is 149 Å². The summed E-state index contributed by atoms with van der Waals surface area (Å²) in [5.41, 5.74) is 6.80. The van der Waals surface area contributed by atoms with Crippen molar-refractivity contribution in [3.05, 3.63) is 47.9 Å². The molecular formula is C23H25ClN8O4. The average molecular weight is 513 g/mol. The number of carbonyl (C=O) groups excluding carboxylic acids is 3. The SMILES string of the molecule is C=CC(=O)N1CCCC(n2nc(C(=O)Nc3ccc(OC(=O)N(C)C)cc3Cl)c3c(N)ncnc32)C1. The Bertz CT molecular complexity index is 1360. The molecule has 0 aliphatic carbocycles. The highest BCUT2D eigenvalue weighted by molar-refractivity contribution is 6.34. The molecule has 1 aliphatic rings. The molecule has 1 atom stereocenters. The number of nitrogen functional groups attached to an aromatic ring is 1. The molecule has 0 spiro atoms. The van der Waals surface area contributed by atoms with E-state index in [0.717, 1.165) is 12.8 Å². The lowest BCUT2D eigenvalue weighted by Gasteiger charge is -2.32. The second-order valence-electron chi connectivity index (χ2n) is 8.39. The summed E-state index contributed by atoms with van der Waals surface area (Å²) in [6.45, 7) is 4.56. The van der Waals surface area contributed by atoms with Gasteiger partial charge in [-0.3, -0.25) is 9.59 Å². The number of piperidine rings is 1. The van der Waals surface area contributed by atoms with Gasteiger partial charge in [0.05, 0.1) is 22.1 Å². The van der Waals surface area contributed by atoms with Crippen LogP contribution in [-0.4, -0.2) is 74.6 Å². The monoisotopic (exact) mass is 512 g/mol. The van der Waals surface area contributed by atoms with Crippen molar-refractivity contribution in [2.75, 3.05) is 38.2 Å². The summed E-state index contributed by atoms with van der Waals surface area (Å²) in [4.78, 5) is 48.5. The fourth-order valence-corrected chi connectivity index (χ4v) is 4.14. The molecule has 3 N–H and O–H groups in total. The van der Waals surface area contributed by atoms with Gasteiger partial charge in [0, 0.05) is 33.3 Å². The molecule has 12 nitrogen and oxygen atoms in total. The number of ether oxygens (including phenoxy) is 1. The predicted octanol–water partition coefficient (Wildman–Crippen LogP) is 2.72. The van der Waals surface area contributed by atoms with Crippen LogP contribution in [0.15, 0.2) is 37.2 Å². The molecule has 1 aliphatic heterocycles. The van der Waals surface area contributed by atoms with Crippen molar-refractivity contribution in [1.82, 2.24) is 29.5 Å². The zero-order valence-corrected chi connectivity index (χ0v) is 20.5. The van der Waals surface area contributed by atoms with Gasteiger partial charge in [-0.15, -0.1) is 0 Å². The molecule has 2 aromatic heterocycles. The number of nitrogens with two attached hydrogens (primary N) is 1. The maximum atomic E-state index is 13.3. The molecule has 0 saturated carbocycles. The van der Waals surface area contributed by atoms with E-state index in [-0.39, 0.29) is 39.9 Å². The molecule has 4 rings (SSSR count). The van der Waals surface area contributed by atoms with Gasteiger partial charge in [-0.25, -0.2) is 19.4 Å². The lowest BCUT2D eigenvalue weighted by atomic mass is 10.1. The summed E-state index contributed by atoms with van der Waals surface area (Å²) in [5.74, 6) is -0.420. The van der Waals surface area contributed by atoms with E-state index in [1.54, 1.807) is 23.7 Å². The molecule has 13 heteroatoms. The Hall–Kier alpha value is -4.19. The number of likely N-dealkylation sites (tertiary alicyclic amines) is 1. The molecule has 1 saturated heterocycles. The van der Waals surface area contributed by atoms with Crippen LogP contribution in [0.2, 0.25) is 5.02 Å². The van der Waals surface area contributed by atoms with Gasteiger partial charge in [-0.05, 0) is 31.1 Å². The van der Waals surface area contributed by atoms with E-state index in [1.807, 2.05) is 0 Å². The molecule has 1 fully saturated rings. The summed E-state index contributed by atoms with van der Waals surface area (Å²) < 4.78 is 6.81. The molecule has 3 heterocycles. The van der Waals surface area contributed by atoms with Crippen LogP contribution in [0.5, 0.6) is 5.75 Å². The van der Waals surface area contributed by atoms with Gasteiger partial charge in [0.1, 0.15) is 17.9 Å². The minimum Gasteiger partial charge on any atom is -0.410 e. The largest absolute Gasteiger partial charge is 0.414 e. The van der Waals surface area contributed by atoms with E-state index in [2.05, 4.69) is 27.0 Å². The minimum absolute atomic E-state index is 0.0226. The van der Waals surface area contributed by atoms with Crippen LogP contribution in [0.4, 0.5) is 16.3 Å². The second-order valence-corrected chi connectivity index (χ2v) is 8.80. The van der Waals surface area contributed by atoms with Crippen LogP contribution in [0, 0.1) is 0 Å². The number of fused-ring (bicyclic) bond motifs is 1. The molecule has 1 unspecified atom stereocenters. The van der Waals surface area contributed by atoms with Crippen molar-refractivity contribution < 1.29 is 19.1 Å². The molecular weight excluding hydrogens is 488 g/mol. The number of rotatable bonds is 5. The van der Waals surface area contributed by atoms with Gasteiger partial charge in [-0.1, -0.05) is 18.2 Å². The lowest BCUT2D eigenvalue weighted by molar-refractivity contribution is -0.127. The van der Waals surface area contributed by atoms with Gasteiger partial charge in [0.2, 0.25) is 5.91 Å². The number of hydrogen-bond acceptors (Lipinski definition) is 8. The van der Waals surface area contributed by atoms with Crippen molar-refractivity contribution in [3.63, 3.8) is 0 Å². The molecule has 0 bridgehead atoms. The Balaban J connectivity index is 1.63. The van der Waals surface area contributed by atoms with Crippen molar-refractivity contribution >= 4 is 52.0 Å². The van der Waals surface area contributed by atoms with E-state index in [0.29, 0.717) is 24.1 Å². The Morgan fingerprint density at radius 3 is 2.78 bits per heavy atom. The Labute approximate surface area is 211 Å². The van der Waals surface area contributed by atoms with Crippen LogP contribution in [-0.2, 0) is 4.79 Å². The quantitative estimate of drug-likeness (QED) is 0.495. The van der Waals surface area contributed by atoms with E-state index in [1.165, 1.54) is 35.5 Å². The standard InChI is InChI=1S/C23H25ClN8O4/c1-4-17(33)31-9-5-6-13(11-31)32-21-18(20(25)26-12-27-21)19(29-32)22(34)28-16-8-7-14(10-15(16)24)36-23(35)30(2)3/h4,7-8,10,12-13H,1,5-6,9,11H2,2-3H3,(H,28,34)(H2,25,26,27).